The van der Waals surface area contributed by atoms with E-state index in [9.17, 15) is 9.90 Å². The Morgan fingerprint density at radius 3 is 3.05 bits per heavy atom. The van der Waals surface area contributed by atoms with E-state index >= 15 is 0 Å². The highest BCUT2D eigenvalue weighted by Crippen LogP contribution is 2.50. The predicted octanol–water partition coefficient (Wildman–Crippen LogP) is 3.01. The molecule has 5 rings (SSSR count). The molecule has 2 atom stereocenters. The molecule has 2 aromatic rings. The SMILES string of the molecule is C[C@@]12c3ccc4c(c3C(=O)c3occ(c31)C=C[C@@H]2O)CCC4. The van der Waals surface area contributed by atoms with Gasteiger partial charge in [0.15, 0.2) is 5.76 Å². The molecule has 0 saturated carbocycles. The molecule has 0 amide bonds. The molecular formula is C19H16O3. The van der Waals surface area contributed by atoms with Crippen LogP contribution in [-0.4, -0.2) is 17.0 Å². The van der Waals surface area contributed by atoms with E-state index in [0.717, 1.165) is 47.1 Å². The lowest BCUT2D eigenvalue weighted by atomic mass is 9.62. The first-order valence-corrected chi connectivity index (χ1v) is 7.80. The van der Waals surface area contributed by atoms with Gasteiger partial charge in [0, 0.05) is 16.7 Å². The second-order valence-corrected chi connectivity index (χ2v) is 6.71. The molecule has 110 valence electrons. The molecule has 3 aliphatic carbocycles. The van der Waals surface area contributed by atoms with Gasteiger partial charge in [-0.3, -0.25) is 4.79 Å². The van der Waals surface area contributed by atoms with Crippen molar-refractivity contribution in [2.24, 2.45) is 0 Å². The van der Waals surface area contributed by atoms with Crippen LogP contribution in [-0.2, 0) is 18.3 Å². The van der Waals surface area contributed by atoms with E-state index in [-0.39, 0.29) is 5.78 Å². The number of ketones is 1. The van der Waals surface area contributed by atoms with Crippen molar-refractivity contribution in [3.8, 4) is 0 Å². The third-order valence-electron chi connectivity index (χ3n) is 5.66. The maximum Gasteiger partial charge on any atom is 0.229 e. The van der Waals surface area contributed by atoms with E-state index in [1.54, 1.807) is 12.3 Å². The first kappa shape index (κ1) is 12.4. The minimum absolute atomic E-state index is 0.0185. The average molecular weight is 292 g/mol. The normalized spacial score (nSPS) is 27.5. The lowest BCUT2D eigenvalue weighted by Crippen LogP contribution is -2.43. The number of aliphatic hydroxyl groups is 1. The van der Waals surface area contributed by atoms with Crippen molar-refractivity contribution in [1.29, 1.82) is 0 Å². The smallest absolute Gasteiger partial charge is 0.229 e. The number of fused-ring (bicyclic) bond motifs is 4. The summed E-state index contributed by atoms with van der Waals surface area (Å²) in [5, 5.41) is 10.7. The van der Waals surface area contributed by atoms with Gasteiger partial charge in [-0.1, -0.05) is 24.3 Å². The molecule has 1 heterocycles. The molecule has 0 saturated heterocycles. The first-order chi connectivity index (χ1) is 10.6. The maximum absolute atomic E-state index is 13.0. The summed E-state index contributed by atoms with van der Waals surface area (Å²) in [6.45, 7) is 2.02. The summed E-state index contributed by atoms with van der Waals surface area (Å²) >= 11 is 0. The van der Waals surface area contributed by atoms with Gasteiger partial charge in [0.2, 0.25) is 5.78 Å². The second kappa shape index (κ2) is 3.79. The summed E-state index contributed by atoms with van der Waals surface area (Å²) in [6, 6.07) is 4.18. The molecule has 3 nitrogen and oxygen atoms in total. The zero-order valence-corrected chi connectivity index (χ0v) is 12.3. The number of hydrogen-bond donors (Lipinski definition) is 1. The largest absolute Gasteiger partial charge is 0.460 e. The van der Waals surface area contributed by atoms with Crippen LogP contribution in [0.5, 0.6) is 0 Å². The van der Waals surface area contributed by atoms with Crippen molar-refractivity contribution in [1.82, 2.24) is 0 Å². The van der Waals surface area contributed by atoms with E-state index in [0.29, 0.717) is 5.76 Å². The molecule has 0 spiro atoms. The number of aryl methyl sites for hydroxylation is 1. The molecule has 0 bridgehead atoms. The van der Waals surface area contributed by atoms with Crippen LogP contribution in [0.15, 0.2) is 28.9 Å². The second-order valence-electron chi connectivity index (χ2n) is 6.71. The van der Waals surface area contributed by atoms with Gasteiger partial charge in [0.05, 0.1) is 17.8 Å². The van der Waals surface area contributed by atoms with Gasteiger partial charge in [-0.25, -0.2) is 0 Å². The fourth-order valence-corrected chi connectivity index (χ4v) is 4.50. The van der Waals surface area contributed by atoms with Crippen LogP contribution in [0, 0.1) is 0 Å². The summed E-state index contributed by atoms with van der Waals surface area (Å²) in [5.41, 5.74) is 5.30. The van der Waals surface area contributed by atoms with Gasteiger partial charge in [-0.05, 0) is 42.9 Å². The van der Waals surface area contributed by atoms with Gasteiger partial charge in [0.1, 0.15) is 0 Å². The van der Waals surface area contributed by atoms with Gasteiger partial charge in [0.25, 0.3) is 0 Å². The molecule has 1 N–H and O–H groups in total. The number of aliphatic hydroxyl groups excluding tert-OH is 1. The van der Waals surface area contributed by atoms with Gasteiger partial charge in [-0.15, -0.1) is 0 Å². The fraction of sp³-hybridized carbons (Fsp3) is 0.316. The zero-order valence-electron chi connectivity index (χ0n) is 12.3. The van der Waals surface area contributed by atoms with E-state index in [1.165, 1.54) is 5.56 Å². The van der Waals surface area contributed by atoms with Crippen molar-refractivity contribution < 1.29 is 14.3 Å². The Bertz CT molecular complexity index is 871. The highest BCUT2D eigenvalue weighted by Gasteiger charge is 2.50. The van der Waals surface area contributed by atoms with Gasteiger partial charge >= 0.3 is 0 Å². The number of benzene rings is 1. The average Bonchev–Trinajstić information content (AvgIpc) is 3.15. The topological polar surface area (TPSA) is 50.4 Å². The summed E-state index contributed by atoms with van der Waals surface area (Å²) < 4.78 is 5.62. The van der Waals surface area contributed by atoms with Crippen molar-refractivity contribution in [3.63, 3.8) is 0 Å². The van der Waals surface area contributed by atoms with Crippen LogP contribution in [0.2, 0.25) is 0 Å². The monoisotopic (exact) mass is 292 g/mol. The van der Waals surface area contributed by atoms with Crippen LogP contribution >= 0.6 is 0 Å². The standard InChI is InChI=1S/C19H16O3/c1-19-13-7-5-10-3-2-4-12(10)15(13)17(21)18-16(19)11(9-22-18)6-8-14(19)20/h5-9,14,20H,2-4H2,1H3/t14-,19-/m0/s1. The van der Waals surface area contributed by atoms with Crippen molar-refractivity contribution >= 4 is 11.9 Å². The molecule has 1 aromatic carbocycles. The molecule has 0 radical (unpaired) electrons. The number of furan rings is 1. The minimum atomic E-state index is -0.650. The van der Waals surface area contributed by atoms with Crippen molar-refractivity contribution in [3.05, 3.63) is 63.6 Å². The first-order valence-electron chi connectivity index (χ1n) is 7.80. The van der Waals surface area contributed by atoms with E-state index in [4.69, 9.17) is 4.42 Å². The van der Waals surface area contributed by atoms with E-state index in [1.807, 2.05) is 19.1 Å². The molecule has 0 unspecified atom stereocenters. The molecule has 0 aliphatic heterocycles. The van der Waals surface area contributed by atoms with Gasteiger partial charge < -0.3 is 9.52 Å². The zero-order chi connectivity index (χ0) is 15.1. The van der Waals surface area contributed by atoms with Crippen LogP contribution in [0.3, 0.4) is 0 Å². The molecular weight excluding hydrogens is 276 g/mol. The van der Waals surface area contributed by atoms with E-state index in [2.05, 4.69) is 6.07 Å². The maximum atomic E-state index is 13.0. The third-order valence-corrected chi connectivity index (χ3v) is 5.66. The number of carbonyl (C=O) groups excluding carboxylic acids is 1. The summed E-state index contributed by atoms with van der Waals surface area (Å²) in [5.74, 6) is 0.392. The Balaban J connectivity index is 1.92. The molecule has 3 aliphatic rings. The number of hydrogen-bond acceptors (Lipinski definition) is 3. The Kier molecular flexibility index (Phi) is 2.14. The summed E-state index contributed by atoms with van der Waals surface area (Å²) in [6.07, 6.45) is 7.70. The van der Waals surface area contributed by atoms with E-state index < -0.39 is 11.5 Å². The Morgan fingerprint density at radius 1 is 1.32 bits per heavy atom. The Morgan fingerprint density at radius 2 is 2.18 bits per heavy atom. The fourth-order valence-electron chi connectivity index (χ4n) is 4.50. The summed E-state index contributed by atoms with van der Waals surface area (Å²) in [7, 11) is 0. The molecule has 1 aromatic heterocycles. The molecule has 0 fully saturated rings. The highest BCUT2D eigenvalue weighted by atomic mass is 16.3. The Labute approximate surface area is 128 Å². The van der Waals surface area contributed by atoms with Crippen LogP contribution in [0.4, 0.5) is 0 Å². The minimum Gasteiger partial charge on any atom is -0.460 e. The lowest BCUT2D eigenvalue weighted by molar-refractivity contribution is 0.0980. The van der Waals surface area contributed by atoms with Crippen LogP contribution < -0.4 is 0 Å². The third kappa shape index (κ3) is 1.21. The number of carbonyl (C=O) groups is 1. The highest BCUT2D eigenvalue weighted by molar-refractivity contribution is 6.13. The molecule has 3 heteroatoms. The van der Waals surface area contributed by atoms with Crippen molar-refractivity contribution in [2.75, 3.05) is 0 Å². The summed E-state index contributed by atoms with van der Waals surface area (Å²) in [4.78, 5) is 13.0. The Hall–Kier alpha value is -2.13. The van der Waals surface area contributed by atoms with Crippen molar-refractivity contribution in [2.45, 2.75) is 37.7 Å². The predicted molar refractivity (Wildman–Crippen MR) is 82.1 cm³/mol. The lowest BCUT2D eigenvalue weighted by Gasteiger charge is -2.40. The van der Waals surface area contributed by atoms with Crippen LogP contribution in [0.25, 0.3) is 6.08 Å². The molecule has 22 heavy (non-hydrogen) atoms. The van der Waals surface area contributed by atoms with Crippen LogP contribution in [0.1, 0.15) is 57.3 Å². The van der Waals surface area contributed by atoms with Gasteiger partial charge in [-0.2, -0.15) is 0 Å². The number of rotatable bonds is 0. The quantitative estimate of drug-likeness (QED) is 0.812.